The van der Waals surface area contributed by atoms with Gasteiger partial charge in [-0.2, -0.15) is 0 Å². The monoisotopic (exact) mass is 379 g/mol. The Morgan fingerprint density at radius 3 is 2.46 bits per heavy atom. The smallest absolute Gasteiger partial charge is 0.247 e. The lowest BCUT2D eigenvalue weighted by molar-refractivity contribution is -0.126. The summed E-state index contributed by atoms with van der Waals surface area (Å²) < 4.78 is 0. The number of anilines is 2. The first-order chi connectivity index (χ1) is 13.5. The molecule has 1 heterocycles. The molecule has 5 nitrogen and oxygen atoms in total. The van der Waals surface area contributed by atoms with Crippen molar-refractivity contribution in [1.82, 2.24) is 5.32 Å². The van der Waals surface area contributed by atoms with Crippen molar-refractivity contribution in [3.63, 3.8) is 0 Å². The molecular weight excluding hydrogens is 350 g/mol. The van der Waals surface area contributed by atoms with Gasteiger partial charge in [0.1, 0.15) is 6.04 Å². The molecule has 1 unspecified atom stereocenters. The number of fused-ring (bicyclic) bond motifs is 1. The number of hydrogen-bond donors (Lipinski definition) is 2. The Labute approximate surface area is 167 Å². The molecule has 0 spiro atoms. The molecule has 148 valence electrons. The van der Waals surface area contributed by atoms with E-state index in [1.165, 1.54) is 5.56 Å². The van der Waals surface area contributed by atoms with E-state index in [0.29, 0.717) is 0 Å². The minimum absolute atomic E-state index is 0.0101. The fourth-order valence-corrected chi connectivity index (χ4v) is 3.60. The SMILES string of the molecule is CC(C)C(NC(=O)CN1CCCCc2ccccc21)C(=O)Nc1ccccc1. The molecule has 0 saturated carbocycles. The molecule has 2 aromatic carbocycles. The molecule has 2 amide bonds. The van der Waals surface area contributed by atoms with Crippen LogP contribution in [0, 0.1) is 5.92 Å². The van der Waals surface area contributed by atoms with E-state index in [9.17, 15) is 9.59 Å². The third-order valence-electron chi connectivity index (χ3n) is 5.10. The molecule has 2 N–H and O–H groups in total. The number of nitrogens with zero attached hydrogens (tertiary/aromatic N) is 1. The van der Waals surface area contributed by atoms with Crippen molar-refractivity contribution < 1.29 is 9.59 Å². The molecule has 3 rings (SSSR count). The molecule has 5 heteroatoms. The molecule has 2 aromatic rings. The number of carbonyl (C=O) groups is 2. The Morgan fingerprint density at radius 1 is 1.00 bits per heavy atom. The van der Waals surface area contributed by atoms with E-state index in [2.05, 4.69) is 27.7 Å². The van der Waals surface area contributed by atoms with Crippen molar-refractivity contribution in [1.29, 1.82) is 0 Å². The maximum atomic E-state index is 12.8. The average Bonchev–Trinajstić information content (AvgIpc) is 2.89. The van der Waals surface area contributed by atoms with Crippen LogP contribution >= 0.6 is 0 Å². The topological polar surface area (TPSA) is 61.4 Å². The summed E-state index contributed by atoms with van der Waals surface area (Å²) in [6.45, 7) is 5.00. The number of aryl methyl sites for hydroxylation is 1. The Morgan fingerprint density at radius 2 is 1.71 bits per heavy atom. The van der Waals surface area contributed by atoms with Crippen molar-refractivity contribution in [2.75, 3.05) is 23.3 Å². The van der Waals surface area contributed by atoms with Crippen LogP contribution in [0.3, 0.4) is 0 Å². The Hall–Kier alpha value is -2.82. The van der Waals surface area contributed by atoms with Crippen LogP contribution in [-0.4, -0.2) is 30.9 Å². The normalized spacial score (nSPS) is 14.8. The summed E-state index contributed by atoms with van der Waals surface area (Å²) in [7, 11) is 0. The lowest BCUT2D eigenvalue weighted by Gasteiger charge is -2.27. The largest absolute Gasteiger partial charge is 0.362 e. The van der Waals surface area contributed by atoms with E-state index in [4.69, 9.17) is 0 Å². The summed E-state index contributed by atoms with van der Waals surface area (Å²) in [5.74, 6) is -0.325. The van der Waals surface area contributed by atoms with Gasteiger partial charge in [-0.25, -0.2) is 0 Å². The van der Waals surface area contributed by atoms with E-state index in [-0.39, 0.29) is 24.3 Å². The maximum absolute atomic E-state index is 12.8. The second-order valence-electron chi connectivity index (χ2n) is 7.65. The molecule has 1 aliphatic rings. The van der Waals surface area contributed by atoms with Gasteiger partial charge in [0, 0.05) is 17.9 Å². The highest BCUT2D eigenvalue weighted by Gasteiger charge is 2.26. The summed E-state index contributed by atoms with van der Waals surface area (Å²) in [6.07, 6.45) is 3.23. The van der Waals surface area contributed by atoms with Crippen molar-refractivity contribution in [3.05, 3.63) is 60.2 Å². The standard InChI is InChI=1S/C23H29N3O2/c1-17(2)22(23(28)24-19-12-4-3-5-13-19)25-21(27)16-26-15-9-8-11-18-10-6-7-14-20(18)26/h3-7,10,12-14,17,22H,8-9,11,15-16H2,1-2H3,(H,24,28)(H,25,27). The number of amides is 2. The lowest BCUT2D eigenvalue weighted by atomic mass is 10.0. The van der Waals surface area contributed by atoms with E-state index in [1.54, 1.807) is 0 Å². The molecule has 0 bridgehead atoms. The highest BCUT2D eigenvalue weighted by Crippen LogP contribution is 2.25. The highest BCUT2D eigenvalue weighted by atomic mass is 16.2. The van der Waals surface area contributed by atoms with Crippen LogP contribution in [0.4, 0.5) is 11.4 Å². The molecule has 0 aromatic heterocycles. The number of carbonyl (C=O) groups excluding carboxylic acids is 2. The molecule has 0 aliphatic carbocycles. The first-order valence-corrected chi connectivity index (χ1v) is 10.0. The lowest BCUT2D eigenvalue weighted by Crippen LogP contribution is -2.50. The molecule has 0 fully saturated rings. The minimum Gasteiger partial charge on any atom is -0.362 e. The molecule has 0 radical (unpaired) electrons. The average molecular weight is 380 g/mol. The predicted molar refractivity (Wildman–Crippen MR) is 113 cm³/mol. The summed E-state index contributed by atoms with van der Waals surface area (Å²) in [6, 6.07) is 17.0. The van der Waals surface area contributed by atoms with Gasteiger partial charge < -0.3 is 15.5 Å². The highest BCUT2D eigenvalue weighted by molar-refractivity contribution is 5.97. The maximum Gasteiger partial charge on any atom is 0.247 e. The van der Waals surface area contributed by atoms with Gasteiger partial charge in [-0.1, -0.05) is 50.2 Å². The van der Waals surface area contributed by atoms with Crippen LogP contribution in [0.25, 0.3) is 0 Å². The van der Waals surface area contributed by atoms with Crippen molar-refractivity contribution >= 4 is 23.2 Å². The van der Waals surface area contributed by atoms with E-state index in [0.717, 1.165) is 37.2 Å². The summed E-state index contributed by atoms with van der Waals surface area (Å²) in [5.41, 5.74) is 3.15. The van der Waals surface area contributed by atoms with Crippen LogP contribution in [0.1, 0.15) is 32.3 Å². The van der Waals surface area contributed by atoms with Gasteiger partial charge in [0.05, 0.1) is 6.54 Å². The van der Waals surface area contributed by atoms with Crippen LogP contribution in [-0.2, 0) is 16.0 Å². The second-order valence-corrected chi connectivity index (χ2v) is 7.65. The Kier molecular flexibility index (Phi) is 6.69. The molecule has 28 heavy (non-hydrogen) atoms. The summed E-state index contributed by atoms with van der Waals surface area (Å²) in [4.78, 5) is 27.6. The fourth-order valence-electron chi connectivity index (χ4n) is 3.60. The number of hydrogen-bond acceptors (Lipinski definition) is 3. The molecule has 0 saturated heterocycles. The van der Waals surface area contributed by atoms with Crippen LogP contribution < -0.4 is 15.5 Å². The van der Waals surface area contributed by atoms with Crippen molar-refractivity contribution in [3.8, 4) is 0 Å². The van der Waals surface area contributed by atoms with Gasteiger partial charge in [-0.05, 0) is 48.9 Å². The fraction of sp³-hybridized carbons (Fsp3) is 0.391. The first-order valence-electron chi connectivity index (χ1n) is 10.0. The Bertz CT molecular complexity index is 805. The third-order valence-corrected chi connectivity index (χ3v) is 5.10. The quantitative estimate of drug-likeness (QED) is 0.806. The number of rotatable bonds is 6. The van der Waals surface area contributed by atoms with E-state index >= 15 is 0 Å². The van der Waals surface area contributed by atoms with E-state index in [1.807, 2.05) is 56.3 Å². The number of nitrogens with one attached hydrogen (secondary N) is 2. The van der Waals surface area contributed by atoms with Crippen molar-refractivity contribution in [2.24, 2.45) is 5.92 Å². The predicted octanol–water partition coefficient (Wildman–Crippen LogP) is 3.61. The molecule has 1 aliphatic heterocycles. The zero-order valence-corrected chi connectivity index (χ0v) is 16.7. The Balaban J connectivity index is 1.65. The van der Waals surface area contributed by atoms with Crippen LogP contribution in [0.15, 0.2) is 54.6 Å². The zero-order chi connectivity index (χ0) is 19.9. The van der Waals surface area contributed by atoms with Gasteiger partial charge in [0.15, 0.2) is 0 Å². The molecule has 1 atom stereocenters. The number of benzene rings is 2. The van der Waals surface area contributed by atoms with Gasteiger partial charge in [0.25, 0.3) is 0 Å². The van der Waals surface area contributed by atoms with Gasteiger partial charge in [-0.3, -0.25) is 9.59 Å². The first kappa shape index (κ1) is 19.9. The number of para-hydroxylation sites is 2. The molecular formula is C23H29N3O2. The third kappa shape index (κ3) is 5.12. The van der Waals surface area contributed by atoms with Crippen LogP contribution in [0.2, 0.25) is 0 Å². The van der Waals surface area contributed by atoms with Crippen LogP contribution in [0.5, 0.6) is 0 Å². The van der Waals surface area contributed by atoms with Gasteiger partial charge >= 0.3 is 0 Å². The van der Waals surface area contributed by atoms with Gasteiger partial charge in [-0.15, -0.1) is 0 Å². The van der Waals surface area contributed by atoms with Crippen molar-refractivity contribution in [2.45, 2.75) is 39.2 Å². The zero-order valence-electron chi connectivity index (χ0n) is 16.7. The summed E-state index contributed by atoms with van der Waals surface area (Å²) in [5, 5.41) is 5.83. The minimum atomic E-state index is -0.574. The second kappa shape index (κ2) is 9.40. The van der Waals surface area contributed by atoms with E-state index < -0.39 is 6.04 Å². The van der Waals surface area contributed by atoms with Gasteiger partial charge in [0.2, 0.25) is 11.8 Å². The summed E-state index contributed by atoms with van der Waals surface area (Å²) >= 11 is 0.